The number of benzene rings is 4. The predicted octanol–water partition coefficient (Wildman–Crippen LogP) is 9.85. The minimum absolute atomic E-state index is 0.476. The maximum absolute atomic E-state index is 6.32. The molecule has 0 aliphatic heterocycles. The molecule has 0 fully saturated rings. The molecule has 0 amide bonds. The second-order valence-electron chi connectivity index (χ2n) is 10.4. The van der Waals surface area contributed by atoms with E-state index in [0.29, 0.717) is 19.8 Å². The highest BCUT2D eigenvalue weighted by molar-refractivity contribution is 7.07. The van der Waals surface area contributed by atoms with E-state index in [9.17, 15) is 0 Å². The molecule has 0 aliphatic rings. The molecule has 0 spiro atoms. The van der Waals surface area contributed by atoms with Crippen molar-refractivity contribution in [3.05, 3.63) is 118 Å². The summed E-state index contributed by atoms with van der Waals surface area (Å²) in [4.78, 5) is 4.55. The lowest BCUT2D eigenvalue weighted by Crippen LogP contribution is -2.08. The van der Waals surface area contributed by atoms with Crippen LogP contribution in [0.4, 0.5) is 0 Å². The number of rotatable bonds is 15. The number of aromatic nitrogens is 1. The van der Waals surface area contributed by atoms with Gasteiger partial charge in [0.1, 0.15) is 35.4 Å². The molecule has 0 saturated heterocycles. The topological polar surface area (TPSA) is 49.8 Å². The van der Waals surface area contributed by atoms with Gasteiger partial charge < -0.3 is 18.9 Å². The standard InChI is InChI=1S/C37H39NO4S/c1-4-13-30-34(18-11-19-35(30)42-33-17-10-9-14-27(33)3)39-20-12-21-40-36-23-37(41-24-28-15-7-6-8-16-28)31(22-29(36)5-2)32-25-43-26-38-32/h6-11,14-19,22-23,25-26H,4-5,12-13,20-21,24H2,1-3H3. The molecule has 1 aromatic heterocycles. The first kappa shape index (κ1) is 30.2. The molecule has 0 unspecified atom stereocenters. The molecule has 0 saturated carbocycles. The minimum Gasteiger partial charge on any atom is -0.493 e. The van der Waals surface area contributed by atoms with E-state index in [1.807, 2.05) is 66.2 Å². The number of thiazole rings is 1. The Balaban J connectivity index is 1.24. The average molecular weight is 594 g/mol. The van der Waals surface area contributed by atoms with Crippen LogP contribution in [-0.2, 0) is 19.4 Å². The SMILES string of the molecule is CCCc1c(OCCCOc2cc(OCc3ccccc3)c(-c3cscn3)cc2CC)cccc1Oc1ccccc1C. The summed E-state index contributed by atoms with van der Waals surface area (Å²) < 4.78 is 25.2. The van der Waals surface area contributed by atoms with Crippen molar-refractivity contribution < 1.29 is 18.9 Å². The number of aryl methyl sites for hydroxylation is 2. The van der Waals surface area contributed by atoms with Crippen molar-refractivity contribution in [2.75, 3.05) is 13.2 Å². The van der Waals surface area contributed by atoms with Crippen LogP contribution in [0.15, 0.2) is 95.8 Å². The normalized spacial score (nSPS) is 10.9. The Morgan fingerprint density at radius 2 is 1.47 bits per heavy atom. The lowest BCUT2D eigenvalue weighted by Gasteiger charge is -2.18. The van der Waals surface area contributed by atoms with Gasteiger partial charge >= 0.3 is 0 Å². The van der Waals surface area contributed by atoms with Crippen LogP contribution in [0.1, 0.15) is 48.9 Å². The Morgan fingerprint density at radius 3 is 2.21 bits per heavy atom. The molecule has 0 N–H and O–H groups in total. The van der Waals surface area contributed by atoms with Crippen molar-refractivity contribution in [2.45, 2.75) is 53.1 Å². The van der Waals surface area contributed by atoms with Crippen LogP contribution in [0.2, 0.25) is 0 Å². The van der Waals surface area contributed by atoms with Gasteiger partial charge in [0.2, 0.25) is 0 Å². The van der Waals surface area contributed by atoms with Gasteiger partial charge in [0.05, 0.1) is 24.4 Å². The summed E-state index contributed by atoms with van der Waals surface area (Å²) in [5.41, 5.74) is 8.19. The third kappa shape index (κ3) is 7.96. The summed E-state index contributed by atoms with van der Waals surface area (Å²) in [6, 6.07) is 28.5. The van der Waals surface area contributed by atoms with Crippen LogP contribution < -0.4 is 18.9 Å². The van der Waals surface area contributed by atoms with E-state index in [-0.39, 0.29) is 0 Å². The number of para-hydroxylation sites is 1. The Bertz CT molecular complexity index is 1580. The summed E-state index contributed by atoms with van der Waals surface area (Å²) in [6.45, 7) is 7.92. The number of hydrogen-bond acceptors (Lipinski definition) is 6. The molecule has 0 radical (unpaired) electrons. The first-order chi connectivity index (χ1) is 21.2. The second kappa shape index (κ2) is 15.3. The van der Waals surface area contributed by atoms with Crippen LogP contribution >= 0.6 is 11.3 Å². The highest BCUT2D eigenvalue weighted by Gasteiger charge is 2.16. The first-order valence-corrected chi connectivity index (χ1v) is 15.9. The largest absolute Gasteiger partial charge is 0.493 e. The summed E-state index contributed by atoms with van der Waals surface area (Å²) in [5, 5.41) is 2.05. The van der Waals surface area contributed by atoms with Gasteiger partial charge in [-0.1, -0.05) is 74.9 Å². The van der Waals surface area contributed by atoms with Crippen molar-refractivity contribution in [3.8, 4) is 40.0 Å². The lowest BCUT2D eigenvalue weighted by molar-refractivity contribution is 0.243. The Kier molecular flexibility index (Phi) is 10.7. The van der Waals surface area contributed by atoms with Gasteiger partial charge in [-0.15, -0.1) is 11.3 Å². The van der Waals surface area contributed by atoms with E-state index < -0.39 is 0 Å². The molecule has 1 heterocycles. The molecule has 0 atom stereocenters. The Labute approximate surface area is 259 Å². The van der Waals surface area contributed by atoms with E-state index in [1.165, 1.54) is 0 Å². The third-order valence-electron chi connectivity index (χ3n) is 7.20. The highest BCUT2D eigenvalue weighted by atomic mass is 32.1. The molecule has 5 nitrogen and oxygen atoms in total. The highest BCUT2D eigenvalue weighted by Crippen LogP contribution is 2.37. The van der Waals surface area contributed by atoms with Gasteiger partial charge in [-0.2, -0.15) is 0 Å². The monoisotopic (exact) mass is 593 g/mol. The van der Waals surface area contributed by atoms with Gasteiger partial charge in [-0.3, -0.25) is 0 Å². The molecular weight excluding hydrogens is 554 g/mol. The first-order valence-electron chi connectivity index (χ1n) is 15.0. The van der Waals surface area contributed by atoms with Crippen LogP contribution in [0.5, 0.6) is 28.7 Å². The molecule has 5 aromatic rings. The molecule has 43 heavy (non-hydrogen) atoms. The smallest absolute Gasteiger partial charge is 0.134 e. The zero-order valence-electron chi connectivity index (χ0n) is 25.2. The molecule has 0 aliphatic carbocycles. The predicted molar refractivity (Wildman–Crippen MR) is 175 cm³/mol. The number of ether oxygens (including phenoxy) is 4. The summed E-state index contributed by atoms with van der Waals surface area (Å²) >= 11 is 1.58. The van der Waals surface area contributed by atoms with E-state index in [0.717, 1.165) is 87.9 Å². The fourth-order valence-electron chi connectivity index (χ4n) is 4.90. The fourth-order valence-corrected chi connectivity index (χ4v) is 5.45. The zero-order chi connectivity index (χ0) is 29.9. The molecule has 5 rings (SSSR count). The maximum Gasteiger partial charge on any atom is 0.134 e. The Morgan fingerprint density at radius 1 is 0.721 bits per heavy atom. The fraction of sp³-hybridized carbons (Fsp3) is 0.270. The van der Waals surface area contributed by atoms with Crippen molar-refractivity contribution in [1.82, 2.24) is 4.98 Å². The van der Waals surface area contributed by atoms with Crippen molar-refractivity contribution >= 4 is 11.3 Å². The van der Waals surface area contributed by atoms with Gasteiger partial charge in [0.15, 0.2) is 0 Å². The van der Waals surface area contributed by atoms with Gasteiger partial charge in [-0.05, 0) is 60.7 Å². The molecule has 4 aromatic carbocycles. The van der Waals surface area contributed by atoms with Crippen LogP contribution in [0.3, 0.4) is 0 Å². The lowest BCUT2D eigenvalue weighted by atomic mass is 10.0. The molecular formula is C37H39NO4S. The second-order valence-corrected chi connectivity index (χ2v) is 11.1. The zero-order valence-corrected chi connectivity index (χ0v) is 26.0. The summed E-state index contributed by atoms with van der Waals surface area (Å²) in [6.07, 6.45) is 3.46. The van der Waals surface area contributed by atoms with Crippen molar-refractivity contribution in [2.24, 2.45) is 0 Å². The molecule has 222 valence electrons. The van der Waals surface area contributed by atoms with Gasteiger partial charge in [0.25, 0.3) is 0 Å². The molecule has 0 bridgehead atoms. The third-order valence-corrected chi connectivity index (χ3v) is 7.78. The van der Waals surface area contributed by atoms with E-state index >= 15 is 0 Å². The van der Waals surface area contributed by atoms with Crippen molar-refractivity contribution in [1.29, 1.82) is 0 Å². The van der Waals surface area contributed by atoms with Crippen LogP contribution in [-0.4, -0.2) is 18.2 Å². The summed E-state index contributed by atoms with van der Waals surface area (Å²) in [7, 11) is 0. The van der Waals surface area contributed by atoms with Crippen molar-refractivity contribution in [3.63, 3.8) is 0 Å². The van der Waals surface area contributed by atoms with Crippen LogP contribution in [0.25, 0.3) is 11.3 Å². The summed E-state index contributed by atoms with van der Waals surface area (Å²) in [5.74, 6) is 4.19. The van der Waals surface area contributed by atoms with Gasteiger partial charge in [-0.25, -0.2) is 4.98 Å². The van der Waals surface area contributed by atoms with E-state index in [4.69, 9.17) is 18.9 Å². The Hall–Kier alpha value is -4.29. The minimum atomic E-state index is 0.476. The van der Waals surface area contributed by atoms with Crippen LogP contribution in [0, 0.1) is 6.92 Å². The van der Waals surface area contributed by atoms with E-state index in [2.05, 4.69) is 55.4 Å². The average Bonchev–Trinajstić information content (AvgIpc) is 3.58. The molecule has 6 heteroatoms. The quantitative estimate of drug-likeness (QED) is 0.113. The number of nitrogens with zero attached hydrogens (tertiary/aromatic N) is 1. The maximum atomic E-state index is 6.32. The number of hydrogen-bond donors (Lipinski definition) is 0. The van der Waals surface area contributed by atoms with E-state index in [1.54, 1.807) is 11.3 Å². The van der Waals surface area contributed by atoms with Gasteiger partial charge in [0, 0.05) is 29.0 Å².